The van der Waals surface area contributed by atoms with Crippen molar-refractivity contribution in [2.24, 2.45) is 0 Å². The Morgan fingerprint density at radius 1 is 0.306 bits per heavy atom. The zero-order chi connectivity index (χ0) is 24.6. The number of benzene rings is 8. The molecule has 172 valence electrons. The Bertz CT molecular complexity index is 1810. The summed E-state index contributed by atoms with van der Waals surface area (Å²) < 4.78 is 4.45. The van der Waals surface area contributed by atoms with Gasteiger partial charge in [0.1, 0.15) is 0 Å². The highest BCUT2D eigenvalue weighted by Gasteiger charge is 2.15. The second-order valence-electron chi connectivity index (χ2n) is 9.04. The van der Waals surface area contributed by atoms with Gasteiger partial charge in [0.2, 0.25) is 0 Å². The van der Waals surface area contributed by atoms with Gasteiger partial charge >= 0.3 is 0 Å². The molecule has 8 rings (SSSR count). The summed E-state index contributed by atoms with van der Waals surface area (Å²) in [6, 6.07) is 34.8. The SMILES string of the molecule is Brc1cc(Br)c2ccc3c(Br)cc(Br)c4ccc1c2c43.c1cc2ccc3cccc4ccc(c1)c2c34. The summed E-state index contributed by atoms with van der Waals surface area (Å²) in [5, 5.41) is 15.7. The maximum Gasteiger partial charge on any atom is 0.0265 e. The zero-order valence-corrected chi connectivity index (χ0v) is 25.1. The summed E-state index contributed by atoms with van der Waals surface area (Å²) >= 11 is 14.7. The Morgan fingerprint density at radius 2 is 0.583 bits per heavy atom. The maximum absolute atomic E-state index is 3.68. The van der Waals surface area contributed by atoms with Gasteiger partial charge in [0.25, 0.3) is 0 Å². The molecule has 0 aromatic heterocycles. The topological polar surface area (TPSA) is 0 Å². The molecule has 0 amide bonds. The van der Waals surface area contributed by atoms with Crippen molar-refractivity contribution in [1.82, 2.24) is 0 Å². The highest BCUT2D eigenvalue weighted by atomic mass is 79.9. The maximum atomic E-state index is 3.68. The van der Waals surface area contributed by atoms with Crippen LogP contribution in [0.1, 0.15) is 0 Å². The molecule has 0 atom stereocenters. The molecule has 0 aliphatic carbocycles. The van der Waals surface area contributed by atoms with Gasteiger partial charge in [0.15, 0.2) is 0 Å². The van der Waals surface area contributed by atoms with Gasteiger partial charge in [-0.05, 0) is 76.8 Å². The Morgan fingerprint density at radius 3 is 0.861 bits per heavy atom. The molecule has 0 fully saturated rings. The summed E-state index contributed by atoms with van der Waals surface area (Å²) in [4.78, 5) is 0. The summed E-state index contributed by atoms with van der Waals surface area (Å²) in [7, 11) is 0. The van der Waals surface area contributed by atoms with E-state index < -0.39 is 0 Å². The first-order valence-corrected chi connectivity index (χ1v) is 14.7. The van der Waals surface area contributed by atoms with E-state index in [1.165, 1.54) is 64.6 Å². The predicted octanol–water partition coefficient (Wildman–Crippen LogP) is 12.2. The molecule has 0 heterocycles. The molecule has 4 heteroatoms. The smallest absolute Gasteiger partial charge is 0.0265 e. The standard InChI is InChI=1S/C16H6Br4.C16H10/c17-11-5-13(19)9-3-4-10-14(20)6-12(18)8-2-1-7(11)15(9)16(8)10;1-3-11-7-9-13-5-2-6-14-10-8-12(4-1)15(11)16(13)14/h1-6H;1-10H. The van der Waals surface area contributed by atoms with E-state index in [1.54, 1.807) is 0 Å². The number of hydrogen-bond acceptors (Lipinski definition) is 0. The Hall–Kier alpha value is -2.24. The molecule has 0 bridgehead atoms. The minimum atomic E-state index is 1.11. The molecule has 0 saturated carbocycles. The monoisotopic (exact) mass is 716 g/mol. The normalized spacial score (nSPS) is 11.9. The summed E-state index contributed by atoms with van der Waals surface area (Å²) in [6.45, 7) is 0. The first-order chi connectivity index (χ1) is 17.5. The van der Waals surface area contributed by atoms with E-state index in [1.807, 2.05) is 0 Å². The lowest BCUT2D eigenvalue weighted by Gasteiger charge is -2.15. The van der Waals surface area contributed by atoms with Gasteiger partial charge in [0.05, 0.1) is 0 Å². The fourth-order valence-electron chi connectivity index (χ4n) is 5.49. The Labute approximate surface area is 241 Å². The van der Waals surface area contributed by atoms with Crippen LogP contribution in [-0.2, 0) is 0 Å². The number of halogens is 4. The highest BCUT2D eigenvalue weighted by Crippen LogP contribution is 2.44. The molecule has 8 aromatic carbocycles. The van der Waals surface area contributed by atoms with Crippen molar-refractivity contribution in [3.05, 3.63) is 115 Å². The third-order valence-electron chi connectivity index (χ3n) is 7.09. The van der Waals surface area contributed by atoms with Crippen LogP contribution in [0.15, 0.2) is 115 Å². The highest BCUT2D eigenvalue weighted by molar-refractivity contribution is 9.11. The van der Waals surface area contributed by atoms with E-state index in [0.717, 1.165) is 17.9 Å². The molecule has 0 radical (unpaired) electrons. The van der Waals surface area contributed by atoms with Gasteiger partial charge < -0.3 is 0 Å². The molecule has 36 heavy (non-hydrogen) atoms. The van der Waals surface area contributed by atoms with Crippen molar-refractivity contribution >= 4 is 128 Å². The van der Waals surface area contributed by atoms with Gasteiger partial charge in [-0.1, -0.05) is 149 Å². The lowest BCUT2D eigenvalue weighted by molar-refractivity contribution is 1.68. The van der Waals surface area contributed by atoms with Gasteiger partial charge in [-0.15, -0.1) is 0 Å². The Balaban J connectivity index is 0.000000125. The lowest BCUT2D eigenvalue weighted by atomic mass is 9.94. The number of hydrogen-bond donors (Lipinski definition) is 0. The van der Waals surface area contributed by atoms with Crippen LogP contribution in [-0.4, -0.2) is 0 Å². The third-order valence-corrected chi connectivity index (χ3v) is 9.71. The molecular weight excluding hydrogens is 704 g/mol. The molecule has 0 spiro atoms. The largest absolute Gasteiger partial charge is 0.0610 e. The Kier molecular flexibility index (Phi) is 5.52. The molecule has 0 aliphatic rings. The first kappa shape index (κ1) is 22.9. The molecular formula is C32H16Br4. The van der Waals surface area contributed by atoms with Crippen LogP contribution in [0.4, 0.5) is 0 Å². The van der Waals surface area contributed by atoms with E-state index in [9.17, 15) is 0 Å². The molecule has 0 nitrogen and oxygen atoms in total. The average Bonchev–Trinajstić information content (AvgIpc) is 2.89. The molecule has 0 saturated heterocycles. The van der Waals surface area contributed by atoms with Crippen LogP contribution < -0.4 is 0 Å². The molecule has 0 N–H and O–H groups in total. The van der Waals surface area contributed by atoms with Crippen molar-refractivity contribution in [2.75, 3.05) is 0 Å². The van der Waals surface area contributed by atoms with Gasteiger partial charge in [-0.3, -0.25) is 0 Å². The van der Waals surface area contributed by atoms with Crippen LogP contribution in [0, 0.1) is 0 Å². The van der Waals surface area contributed by atoms with Crippen molar-refractivity contribution in [3.8, 4) is 0 Å². The first-order valence-electron chi connectivity index (χ1n) is 11.5. The summed E-state index contributed by atoms with van der Waals surface area (Å²) in [6.07, 6.45) is 0. The fraction of sp³-hybridized carbons (Fsp3) is 0. The lowest BCUT2D eigenvalue weighted by Crippen LogP contribution is -1.87. The molecule has 0 unspecified atom stereocenters. The number of rotatable bonds is 0. The minimum absolute atomic E-state index is 1.11. The second kappa shape index (κ2) is 8.66. The van der Waals surface area contributed by atoms with Crippen LogP contribution in [0.2, 0.25) is 0 Å². The minimum Gasteiger partial charge on any atom is -0.0610 e. The van der Waals surface area contributed by atoms with E-state index in [4.69, 9.17) is 0 Å². The van der Waals surface area contributed by atoms with Crippen LogP contribution in [0.3, 0.4) is 0 Å². The summed E-state index contributed by atoms with van der Waals surface area (Å²) in [5.41, 5.74) is 0. The fourth-order valence-corrected chi connectivity index (χ4v) is 8.35. The van der Waals surface area contributed by atoms with Crippen molar-refractivity contribution in [1.29, 1.82) is 0 Å². The van der Waals surface area contributed by atoms with Crippen molar-refractivity contribution in [3.63, 3.8) is 0 Å². The third kappa shape index (κ3) is 3.42. The van der Waals surface area contributed by atoms with E-state index in [-0.39, 0.29) is 0 Å². The van der Waals surface area contributed by atoms with Crippen molar-refractivity contribution in [2.45, 2.75) is 0 Å². The summed E-state index contributed by atoms with van der Waals surface area (Å²) in [5.74, 6) is 0. The van der Waals surface area contributed by atoms with E-state index >= 15 is 0 Å². The van der Waals surface area contributed by atoms with Gasteiger partial charge in [-0.25, -0.2) is 0 Å². The van der Waals surface area contributed by atoms with E-state index in [0.29, 0.717) is 0 Å². The molecule has 0 aliphatic heterocycles. The van der Waals surface area contributed by atoms with E-state index in [2.05, 4.69) is 161 Å². The zero-order valence-electron chi connectivity index (χ0n) is 18.7. The van der Waals surface area contributed by atoms with Crippen LogP contribution >= 0.6 is 63.7 Å². The molecule has 8 aromatic rings. The average molecular weight is 720 g/mol. The second-order valence-corrected chi connectivity index (χ2v) is 12.5. The van der Waals surface area contributed by atoms with Crippen LogP contribution in [0.25, 0.3) is 64.6 Å². The van der Waals surface area contributed by atoms with Gasteiger partial charge in [-0.2, -0.15) is 0 Å². The predicted molar refractivity (Wildman–Crippen MR) is 171 cm³/mol. The van der Waals surface area contributed by atoms with Gasteiger partial charge in [0, 0.05) is 17.9 Å². The quantitative estimate of drug-likeness (QED) is 0.137. The van der Waals surface area contributed by atoms with Crippen LogP contribution in [0.5, 0.6) is 0 Å². The van der Waals surface area contributed by atoms with Crippen molar-refractivity contribution < 1.29 is 0 Å².